The van der Waals surface area contributed by atoms with E-state index in [1.165, 1.54) is 12.3 Å². The fraction of sp³-hybridized carbons (Fsp3) is 0.579. The Morgan fingerprint density at radius 2 is 2.00 bits per heavy atom. The van der Waals surface area contributed by atoms with Crippen molar-refractivity contribution in [2.45, 2.75) is 63.4 Å². The van der Waals surface area contributed by atoms with Crippen LogP contribution in [0.5, 0.6) is 5.88 Å². The number of nitrogens with two attached hydrogens (primary N) is 1. The summed E-state index contributed by atoms with van der Waals surface area (Å²) in [6, 6.07) is 0.825. The highest BCUT2D eigenvalue weighted by Crippen LogP contribution is 2.33. The van der Waals surface area contributed by atoms with E-state index in [1.807, 2.05) is 0 Å². The van der Waals surface area contributed by atoms with Crippen molar-refractivity contribution in [1.82, 2.24) is 15.2 Å². The predicted octanol–water partition coefficient (Wildman–Crippen LogP) is 2.38. The zero-order chi connectivity index (χ0) is 22.1. The maximum absolute atomic E-state index is 12.8. The lowest BCUT2D eigenvalue weighted by Crippen LogP contribution is -2.44. The van der Waals surface area contributed by atoms with Gasteiger partial charge in [0.25, 0.3) is 11.8 Å². The number of ether oxygens (including phenoxy) is 1. The first-order valence-electron chi connectivity index (χ1n) is 9.69. The van der Waals surface area contributed by atoms with Crippen molar-refractivity contribution in [3.8, 4) is 5.88 Å². The lowest BCUT2D eigenvalue weighted by atomic mass is 9.91. The van der Waals surface area contributed by atoms with Crippen LogP contribution in [0.4, 0.5) is 18.0 Å². The molecule has 1 aliphatic heterocycles. The molecule has 8 nitrogen and oxygen atoms in total. The standard InChI is InChI=1S/C19H23F3N4O4/c1-10(19(20,21)22)9-14-17(28)26(18(29)25-14)11-4-6-12(7-5-11)30-16-13(15(23)27)3-2-8-24-16/h2-3,8,10-12,14H,4-7,9H2,1H3,(H2,23,27)(H,25,29)/t10-,11?,12?,14+/m1/s1. The first-order valence-corrected chi connectivity index (χ1v) is 9.69. The first kappa shape index (κ1) is 21.8. The van der Waals surface area contributed by atoms with Crippen molar-refractivity contribution < 1.29 is 32.3 Å². The lowest BCUT2D eigenvalue weighted by molar-refractivity contribution is -0.172. The number of rotatable bonds is 6. The summed E-state index contributed by atoms with van der Waals surface area (Å²) in [7, 11) is 0. The molecule has 3 rings (SSSR count). The Hall–Kier alpha value is -2.85. The highest BCUT2D eigenvalue weighted by atomic mass is 19.4. The number of alkyl halides is 3. The van der Waals surface area contributed by atoms with Crippen LogP contribution >= 0.6 is 0 Å². The molecule has 164 valence electrons. The van der Waals surface area contributed by atoms with Gasteiger partial charge in [0.05, 0.1) is 5.92 Å². The van der Waals surface area contributed by atoms with Gasteiger partial charge in [0.2, 0.25) is 5.88 Å². The maximum atomic E-state index is 12.8. The molecule has 0 unspecified atom stereocenters. The highest BCUT2D eigenvalue weighted by Gasteiger charge is 2.46. The normalized spacial score (nSPS) is 25.7. The average molecular weight is 428 g/mol. The number of hydrogen-bond donors (Lipinski definition) is 2. The van der Waals surface area contributed by atoms with Crippen LogP contribution in [0.25, 0.3) is 0 Å². The van der Waals surface area contributed by atoms with Gasteiger partial charge in [-0.05, 0) is 44.2 Å². The van der Waals surface area contributed by atoms with Crippen molar-refractivity contribution in [2.75, 3.05) is 0 Å². The van der Waals surface area contributed by atoms with E-state index in [9.17, 15) is 27.6 Å². The molecule has 1 aliphatic carbocycles. The smallest absolute Gasteiger partial charge is 0.391 e. The monoisotopic (exact) mass is 428 g/mol. The molecular weight excluding hydrogens is 405 g/mol. The van der Waals surface area contributed by atoms with Gasteiger partial charge in [-0.1, -0.05) is 6.92 Å². The van der Waals surface area contributed by atoms with Crippen molar-refractivity contribution in [3.05, 3.63) is 23.9 Å². The molecule has 0 aromatic carbocycles. The van der Waals surface area contributed by atoms with E-state index in [1.54, 1.807) is 6.07 Å². The van der Waals surface area contributed by atoms with Crippen LogP contribution in [-0.4, -0.2) is 52.1 Å². The molecule has 1 saturated carbocycles. The van der Waals surface area contributed by atoms with Crippen molar-refractivity contribution >= 4 is 17.8 Å². The fourth-order valence-corrected chi connectivity index (χ4v) is 3.79. The van der Waals surface area contributed by atoms with E-state index >= 15 is 0 Å². The third-order valence-electron chi connectivity index (χ3n) is 5.52. The van der Waals surface area contributed by atoms with Gasteiger partial charge in [-0.25, -0.2) is 9.78 Å². The number of nitrogens with one attached hydrogen (secondary N) is 1. The summed E-state index contributed by atoms with van der Waals surface area (Å²) < 4.78 is 44.2. The van der Waals surface area contributed by atoms with E-state index in [-0.39, 0.29) is 17.5 Å². The van der Waals surface area contributed by atoms with Crippen LogP contribution in [0.2, 0.25) is 0 Å². The number of aromatic nitrogens is 1. The Morgan fingerprint density at radius 3 is 2.60 bits per heavy atom. The zero-order valence-corrected chi connectivity index (χ0v) is 16.3. The summed E-state index contributed by atoms with van der Waals surface area (Å²) >= 11 is 0. The molecule has 2 aliphatic rings. The zero-order valence-electron chi connectivity index (χ0n) is 16.3. The summed E-state index contributed by atoms with van der Waals surface area (Å²) in [4.78, 5) is 41.3. The number of carbonyl (C=O) groups excluding carboxylic acids is 3. The molecule has 2 fully saturated rings. The van der Waals surface area contributed by atoms with Gasteiger partial charge in [-0.2, -0.15) is 13.2 Å². The SMILES string of the molecule is C[C@H](C[C@@H]1NC(=O)N(C2CCC(Oc3ncccc3C(N)=O)CC2)C1=O)C(F)(F)F. The van der Waals surface area contributed by atoms with Crippen LogP contribution in [0.15, 0.2) is 18.3 Å². The molecule has 1 aromatic heterocycles. The third kappa shape index (κ3) is 4.65. The number of urea groups is 1. The van der Waals surface area contributed by atoms with Crippen molar-refractivity contribution in [1.29, 1.82) is 0 Å². The lowest BCUT2D eigenvalue weighted by Gasteiger charge is -2.33. The molecule has 2 atom stereocenters. The van der Waals surface area contributed by atoms with E-state index in [4.69, 9.17) is 10.5 Å². The molecule has 4 amide bonds. The van der Waals surface area contributed by atoms with Crippen LogP contribution in [-0.2, 0) is 4.79 Å². The van der Waals surface area contributed by atoms with E-state index in [2.05, 4.69) is 10.3 Å². The largest absolute Gasteiger partial charge is 0.474 e. The summed E-state index contributed by atoms with van der Waals surface area (Å²) in [6.45, 7) is 0.989. The molecule has 1 aromatic rings. The molecule has 11 heteroatoms. The van der Waals surface area contributed by atoms with Gasteiger partial charge < -0.3 is 15.8 Å². The molecule has 1 saturated heterocycles. The average Bonchev–Trinajstić information content (AvgIpc) is 2.95. The minimum atomic E-state index is -4.43. The first-order chi connectivity index (χ1) is 14.1. The molecule has 30 heavy (non-hydrogen) atoms. The van der Waals surface area contributed by atoms with Crippen molar-refractivity contribution in [3.63, 3.8) is 0 Å². The van der Waals surface area contributed by atoms with Gasteiger partial charge in [-0.3, -0.25) is 14.5 Å². The predicted molar refractivity (Wildman–Crippen MR) is 98.4 cm³/mol. The van der Waals surface area contributed by atoms with Gasteiger partial charge in [-0.15, -0.1) is 0 Å². The molecule has 2 heterocycles. The quantitative estimate of drug-likeness (QED) is 0.675. The minimum Gasteiger partial charge on any atom is -0.474 e. The number of carbonyl (C=O) groups is 3. The summed E-state index contributed by atoms with van der Waals surface area (Å²) in [5, 5.41) is 2.37. The van der Waals surface area contributed by atoms with E-state index < -0.39 is 48.4 Å². The Balaban J connectivity index is 1.58. The number of imide groups is 1. The second-order valence-corrected chi connectivity index (χ2v) is 7.66. The summed E-state index contributed by atoms with van der Waals surface area (Å²) in [5.41, 5.74) is 5.47. The molecule has 3 N–H and O–H groups in total. The van der Waals surface area contributed by atoms with Crippen LogP contribution in [0, 0.1) is 5.92 Å². The topological polar surface area (TPSA) is 115 Å². The molecule has 0 radical (unpaired) electrons. The molecule has 0 bridgehead atoms. The summed E-state index contributed by atoms with van der Waals surface area (Å²) in [5.74, 6) is -2.86. The van der Waals surface area contributed by atoms with E-state index in [0.717, 1.165) is 11.8 Å². The summed E-state index contributed by atoms with van der Waals surface area (Å²) in [6.07, 6.45) is -1.88. The number of amides is 4. The Labute approximate surface area is 170 Å². The Bertz CT molecular complexity index is 824. The molecule has 0 spiro atoms. The fourth-order valence-electron chi connectivity index (χ4n) is 3.79. The number of primary amides is 1. The van der Waals surface area contributed by atoms with Crippen LogP contribution in [0.1, 0.15) is 49.4 Å². The minimum absolute atomic E-state index is 0.129. The van der Waals surface area contributed by atoms with Crippen molar-refractivity contribution in [2.24, 2.45) is 11.7 Å². The van der Waals surface area contributed by atoms with Gasteiger partial charge in [0.15, 0.2) is 0 Å². The highest BCUT2D eigenvalue weighted by molar-refractivity contribution is 6.04. The van der Waals surface area contributed by atoms with Crippen LogP contribution < -0.4 is 15.8 Å². The number of nitrogens with zero attached hydrogens (tertiary/aromatic N) is 2. The number of pyridine rings is 1. The maximum Gasteiger partial charge on any atom is 0.391 e. The Morgan fingerprint density at radius 1 is 1.33 bits per heavy atom. The second kappa shape index (κ2) is 8.49. The third-order valence-corrected chi connectivity index (χ3v) is 5.52. The second-order valence-electron chi connectivity index (χ2n) is 7.66. The van der Waals surface area contributed by atoms with Gasteiger partial charge in [0, 0.05) is 12.2 Å². The van der Waals surface area contributed by atoms with Crippen LogP contribution in [0.3, 0.4) is 0 Å². The van der Waals surface area contributed by atoms with Gasteiger partial charge in [0.1, 0.15) is 17.7 Å². The Kier molecular flexibility index (Phi) is 6.18. The number of halogens is 3. The van der Waals surface area contributed by atoms with Gasteiger partial charge >= 0.3 is 12.2 Å². The van der Waals surface area contributed by atoms with E-state index in [0.29, 0.717) is 25.7 Å². The molecular formula is C19H23F3N4O4. The number of hydrogen-bond acceptors (Lipinski definition) is 5.